The number of nitrogens with one attached hydrogen (secondary N) is 2. The van der Waals surface area contributed by atoms with Gasteiger partial charge in [-0.3, -0.25) is 0 Å². The maximum Gasteiger partial charge on any atom is 0.315 e. The molecule has 0 aromatic carbocycles. The fourth-order valence-corrected chi connectivity index (χ4v) is 2.52. The van der Waals surface area contributed by atoms with Gasteiger partial charge in [0.1, 0.15) is 0 Å². The summed E-state index contributed by atoms with van der Waals surface area (Å²) in [6.07, 6.45) is 4.91. The molecule has 0 aliphatic carbocycles. The highest BCUT2D eigenvalue weighted by atomic mass is 19.1. The number of aromatic nitrogens is 1. The van der Waals surface area contributed by atoms with Crippen LogP contribution in [0.1, 0.15) is 25.3 Å². The Labute approximate surface area is 142 Å². The molecule has 2 amide bonds. The quantitative estimate of drug-likeness (QED) is 0.749. The highest BCUT2D eigenvalue weighted by molar-refractivity contribution is 5.74. The Hall–Kier alpha value is -2.15. The SMILES string of the molecule is C=CC[C@H](CC)NC(=O)NCc1cnc(N2CCOCC2)c(F)c1. The van der Waals surface area contributed by atoms with Crippen molar-refractivity contribution in [3.63, 3.8) is 0 Å². The van der Waals surface area contributed by atoms with E-state index in [1.165, 1.54) is 6.07 Å². The number of pyridine rings is 1. The zero-order valence-corrected chi connectivity index (χ0v) is 14.1. The lowest BCUT2D eigenvalue weighted by molar-refractivity contribution is 0.122. The van der Waals surface area contributed by atoms with E-state index in [0.717, 1.165) is 6.42 Å². The average Bonchev–Trinajstić information content (AvgIpc) is 2.60. The molecule has 24 heavy (non-hydrogen) atoms. The molecular formula is C17H25FN4O2. The molecule has 0 radical (unpaired) electrons. The maximum absolute atomic E-state index is 14.2. The van der Waals surface area contributed by atoms with Crippen molar-refractivity contribution >= 4 is 11.8 Å². The van der Waals surface area contributed by atoms with Gasteiger partial charge in [-0.25, -0.2) is 14.2 Å². The van der Waals surface area contributed by atoms with E-state index < -0.39 is 0 Å². The molecule has 1 aromatic heterocycles. The molecule has 0 saturated carbocycles. The van der Waals surface area contributed by atoms with Crippen molar-refractivity contribution in [2.24, 2.45) is 0 Å². The summed E-state index contributed by atoms with van der Waals surface area (Å²) in [7, 11) is 0. The van der Waals surface area contributed by atoms with Crippen LogP contribution < -0.4 is 15.5 Å². The number of carbonyl (C=O) groups excluding carboxylic acids is 1. The van der Waals surface area contributed by atoms with Crippen molar-refractivity contribution in [2.75, 3.05) is 31.2 Å². The lowest BCUT2D eigenvalue weighted by Gasteiger charge is -2.28. The molecule has 1 fully saturated rings. The summed E-state index contributed by atoms with van der Waals surface area (Å²) in [4.78, 5) is 17.9. The van der Waals surface area contributed by atoms with Gasteiger partial charge in [-0.2, -0.15) is 0 Å². The Balaban J connectivity index is 1.87. The van der Waals surface area contributed by atoms with Gasteiger partial charge in [0, 0.05) is 31.9 Å². The molecule has 1 atom stereocenters. The molecule has 1 aliphatic heterocycles. The summed E-state index contributed by atoms with van der Waals surface area (Å²) in [6, 6.07) is 1.20. The second-order valence-corrected chi connectivity index (χ2v) is 5.70. The minimum absolute atomic E-state index is 0.0565. The van der Waals surface area contributed by atoms with Crippen molar-refractivity contribution in [1.29, 1.82) is 0 Å². The van der Waals surface area contributed by atoms with Crippen LogP contribution in [0.5, 0.6) is 0 Å². The van der Waals surface area contributed by atoms with Gasteiger partial charge in [0.15, 0.2) is 11.6 Å². The second kappa shape index (κ2) is 9.22. The molecule has 0 spiro atoms. The lowest BCUT2D eigenvalue weighted by Crippen LogP contribution is -2.41. The molecule has 1 aliphatic rings. The van der Waals surface area contributed by atoms with Gasteiger partial charge in [-0.15, -0.1) is 6.58 Å². The molecule has 0 unspecified atom stereocenters. The highest BCUT2D eigenvalue weighted by Gasteiger charge is 2.17. The Morgan fingerprint density at radius 3 is 2.92 bits per heavy atom. The first-order valence-corrected chi connectivity index (χ1v) is 8.26. The minimum Gasteiger partial charge on any atom is -0.378 e. The van der Waals surface area contributed by atoms with Crippen LogP contribution in [0.15, 0.2) is 24.9 Å². The Morgan fingerprint density at radius 1 is 1.54 bits per heavy atom. The Bertz CT molecular complexity index is 562. The predicted octanol–water partition coefficient (Wildman–Crippen LogP) is 2.21. The number of morpholine rings is 1. The third kappa shape index (κ3) is 5.19. The van der Waals surface area contributed by atoms with Crippen molar-refractivity contribution in [3.05, 3.63) is 36.3 Å². The summed E-state index contributed by atoms with van der Waals surface area (Å²) in [5.41, 5.74) is 0.622. The van der Waals surface area contributed by atoms with Crippen LogP contribution in [0.2, 0.25) is 0 Å². The fourth-order valence-electron chi connectivity index (χ4n) is 2.52. The van der Waals surface area contributed by atoms with Gasteiger partial charge in [-0.05, 0) is 24.5 Å². The van der Waals surface area contributed by atoms with Gasteiger partial charge in [0.2, 0.25) is 0 Å². The molecule has 7 heteroatoms. The predicted molar refractivity (Wildman–Crippen MR) is 91.5 cm³/mol. The molecule has 2 heterocycles. The minimum atomic E-state index is -0.380. The summed E-state index contributed by atoms with van der Waals surface area (Å²) in [5.74, 6) is -0.0433. The van der Waals surface area contributed by atoms with Crippen LogP contribution in [0.4, 0.5) is 15.0 Å². The van der Waals surface area contributed by atoms with Crippen molar-refractivity contribution in [2.45, 2.75) is 32.4 Å². The lowest BCUT2D eigenvalue weighted by atomic mass is 10.1. The molecule has 1 aromatic rings. The molecule has 2 rings (SSSR count). The third-order valence-electron chi connectivity index (χ3n) is 3.92. The number of carbonyl (C=O) groups is 1. The van der Waals surface area contributed by atoms with Crippen LogP contribution >= 0.6 is 0 Å². The summed E-state index contributed by atoms with van der Waals surface area (Å²) in [5, 5.41) is 5.58. The number of nitrogens with zero attached hydrogens (tertiary/aromatic N) is 2. The second-order valence-electron chi connectivity index (χ2n) is 5.70. The first-order chi connectivity index (χ1) is 11.6. The zero-order valence-electron chi connectivity index (χ0n) is 14.1. The topological polar surface area (TPSA) is 66.5 Å². The maximum atomic E-state index is 14.2. The van der Waals surface area contributed by atoms with E-state index in [1.807, 2.05) is 11.8 Å². The van der Waals surface area contributed by atoms with Gasteiger partial charge in [0.05, 0.1) is 13.2 Å². The molecule has 2 N–H and O–H groups in total. The van der Waals surface area contributed by atoms with E-state index in [1.54, 1.807) is 12.3 Å². The standard InChI is InChI=1S/C17H25FN4O2/c1-3-5-14(4-2)21-17(23)20-12-13-10-15(18)16(19-11-13)22-6-8-24-9-7-22/h3,10-11,14H,1,4-9,12H2,2H3,(H2,20,21,23)/t14-/m0/s1. The number of anilines is 1. The van der Waals surface area contributed by atoms with Crippen LogP contribution in [-0.2, 0) is 11.3 Å². The van der Waals surface area contributed by atoms with E-state index in [-0.39, 0.29) is 24.4 Å². The number of urea groups is 1. The number of amides is 2. The van der Waals surface area contributed by atoms with Gasteiger partial charge in [-0.1, -0.05) is 13.0 Å². The summed E-state index contributed by atoms with van der Waals surface area (Å²) in [6.45, 7) is 8.31. The highest BCUT2D eigenvalue weighted by Crippen LogP contribution is 2.18. The summed E-state index contributed by atoms with van der Waals surface area (Å²) < 4.78 is 19.5. The average molecular weight is 336 g/mol. The van der Waals surface area contributed by atoms with Crippen molar-refractivity contribution in [1.82, 2.24) is 15.6 Å². The largest absolute Gasteiger partial charge is 0.378 e. The number of rotatable bonds is 7. The summed E-state index contributed by atoms with van der Waals surface area (Å²) >= 11 is 0. The van der Waals surface area contributed by atoms with Crippen molar-refractivity contribution in [3.8, 4) is 0 Å². The Kier molecular flexibility index (Phi) is 6.99. The zero-order chi connectivity index (χ0) is 17.4. The first kappa shape index (κ1) is 18.2. The van der Waals surface area contributed by atoms with E-state index in [2.05, 4.69) is 22.2 Å². The van der Waals surface area contributed by atoms with Crippen LogP contribution in [0, 0.1) is 5.82 Å². The fraction of sp³-hybridized carbons (Fsp3) is 0.529. The smallest absolute Gasteiger partial charge is 0.315 e. The number of hydrogen-bond donors (Lipinski definition) is 2. The Morgan fingerprint density at radius 2 is 2.29 bits per heavy atom. The number of hydrogen-bond acceptors (Lipinski definition) is 4. The van der Waals surface area contributed by atoms with Crippen LogP contribution in [0.25, 0.3) is 0 Å². The number of halogens is 1. The molecule has 6 nitrogen and oxygen atoms in total. The van der Waals surface area contributed by atoms with Gasteiger partial charge >= 0.3 is 6.03 Å². The van der Waals surface area contributed by atoms with Crippen molar-refractivity contribution < 1.29 is 13.9 Å². The van der Waals surface area contributed by atoms with E-state index in [4.69, 9.17) is 4.74 Å². The van der Waals surface area contributed by atoms with Gasteiger partial charge < -0.3 is 20.3 Å². The van der Waals surface area contributed by atoms with E-state index in [9.17, 15) is 9.18 Å². The molecular weight excluding hydrogens is 311 g/mol. The van der Waals surface area contributed by atoms with Crippen LogP contribution in [0.3, 0.4) is 0 Å². The first-order valence-electron chi connectivity index (χ1n) is 8.26. The number of ether oxygens (including phenoxy) is 1. The molecule has 0 bridgehead atoms. The van der Waals surface area contributed by atoms with E-state index in [0.29, 0.717) is 44.1 Å². The van der Waals surface area contributed by atoms with Gasteiger partial charge in [0.25, 0.3) is 0 Å². The molecule has 1 saturated heterocycles. The monoisotopic (exact) mass is 336 g/mol. The van der Waals surface area contributed by atoms with Crippen LogP contribution in [-0.4, -0.2) is 43.4 Å². The third-order valence-corrected chi connectivity index (χ3v) is 3.92. The van der Waals surface area contributed by atoms with E-state index >= 15 is 0 Å². The molecule has 132 valence electrons. The normalized spacial score (nSPS) is 15.7.